The Bertz CT molecular complexity index is 474. The molecule has 2 aromatic rings. The molecule has 4 heteroatoms. The molecule has 1 aromatic heterocycles. The smallest absolute Gasteiger partial charge is 0.0932 e. The van der Waals surface area contributed by atoms with Crippen molar-refractivity contribution in [2.45, 2.75) is 6.54 Å². The van der Waals surface area contributed by atoms with Gasteiger partial charge in [0.2, 0.25) is 0 Å². The van der Waals surface area contributed by atoms with Gasteiger partial charge in [-0.3, -0.25) is 4.90 Å². The van der Waals surface area contributed by atoms with Crippen molar-refractivity contribution in [3.8, 4) is 0 Å². The number of benzene rings is 1. The van der Waals surface area contributed by atoms with Gasteiger partial charge in [0.1, 0.15) is 0 Å². The minimum absolute atomic E-state index is 0.844. The zero-order valence-electron chi connectivity index (χ0n) is 9.15. The lowest BCUT2D eigenvalue weighted by molar-refractivity contribution is 0.0343. The lowest BCUT2D eigenvalue weighted by Crippen LogP contribution is -2.35. The number of imidazole rings is 1. The number of H-pyrrole nitrogens is 1. The van der Waals surface area contributed by atoms with Gasteiger partial charge >= 0.3 is 0 Å². The summed E-state index contributed by atoms with van der Waals surface area (Å²) in [6.07, 6.45) is 1.76. The number of hydrogen-bond acceptors (Lipinski definition) is 3. The SMILES string of the molecule is c1cc(CN2CCOCC2)c2nc[nH]c2c1. The maximum Gasteiger partial charge on any atom is 0.0932 e. The van der Waals surface area contributed by atoms with E-state index in [4.69, 9.17) is 4.74 Å². The number of ether oxygens (including phenoxy) is 1. The quantitative estimate of drug-likeness (QED) is 0.826. The maximum absolute atomic E-state index is 5.35. The molecule has 0 saturated carbocycles. The number of nitrogens with zero attached hydrogens (tertiary/aromatic N) is 2. The van der Waals surface area contributed by atoms with E-state index in [-0.39, 0.29) is 0 Å². The molecule has 1 saturated heterocycles. The highest BCUT2D eigenvalue weighted by Gasteiger charge is 2.12. The van der Waals surface area contributed by atoms with Crippen LogP contribution in [-0.2, 0) is 11.3 Å². The third-order valence-electron chi connectivity index (χ3n) is 3.03. The largest absolute Gasteiger partial charge is 0.379 e. The van der Waals surface area contributed by atoms with Gasteiger partial charge in [0.15, 0.2) is 0 Å². The van der Waals surface area contributed by atoms with Crippen molar-refractivity contribution in [2.75, 3.05) is 26.3 Å². The minimum Gasteiger partial charge on any atom is -0.379 e. The lowest BCUT2D eigenvalue weighted by Gasteiger charge is -2.26. The normalized spacial score (nSPS) is 18.0. The Labute approximate surface area is 94.2 Å². The van der Waals surface area contributed by atoms with Crippen LogP contribution in [0.2, 0.25) is 0 Å². The second-order valence-electron chi connectivity index (χ2n) is 4.10. The molecule has 1 aromatic carbocycles. The molecule has 0 amide bonds. The van der Waals surface area contributed by atoms with Crippen LogP contribution in [0.5, 0.6) is 0 Å². The van der Waals surface area contributed by atoms with Gasteiger partial charge in [-0.05, 0) is 11.6 Å². The predicted molar refractivity (Wildman–Crippen MR) is 62.2 cm³/mol. The predicted octanol–water partition coefficient (Wildman–Crippen LogP) is 1.40. The highest BCUT2D eigenvalue weighted by molar-refractivity contribution is 5.77. The van der Waals surface area contributed by atoms with Crippen molar-refractivity contribution in [3.05, 3.63) is 30.1 Å². The first-order valence-electron chi connectivity index (χ1n) is 5.64. The summed E-state index contributed by atoms with van der Waals surface area (Å²) in [7, 11) is 0. The highest BCUT2D eigenvalue weighted by atomic mass is 16.5. The van der Waals surface area contributed by atoms with Crippen LogP contribution in [-0.4, -0.2) is 41.2 Å². The van der Waals surface area contributed by atoms with E-state index in [0.29, 0.717) is 0 Å². The van der Waals surface area contributed by atoms with Gasteiger partial charge in [0.25, 0.3) is 0 Å². The Hall–Kier alpha value is -1.39. The van der Waals surface area contributed by atoms with Crippen molar-refractivity contribution < 1.29 is 4.74 Å². The molecule has 0 atom stereocenters. The Kier molecular flexibility index (Phi) is 2.60. The Balaban J connectivity index is 1.85. The topological polar surface area (TPSA) is 41.1 Å². The molecule has 0 bridgehead atoms. The van der Waals surface area contributed by atoms with Gasteiger partial charge in [-0.25, -0.2) is 4.98 Å². The number of hydrogen-bond donors (Lipinski definition) is 1. The van der Waals surface area contributed by atoms with Crippen LogP contribution in [0.4, 0.5) is 0 Å². The molecule has 16 heavy (non-hydrogen) atoms. The van der Waals surface area contributed by atoms with Crippen LogP contribution in [0.15, 0.2) is 24.5 Å². The summed E-state index contributed by atoms with van der Waals surface area (Å²) in [5.41, 5.74) is 3.50. The van der Waals surface area contributed by atoms with Gasteiger partial charge in [0.05, 0.1) is 30.6 Å². The van der Waals surface area contributed by atoms with Gasteiger partial charge < -0.3 is 9.72 Å². The second kappa shape index (κ2) is 4.23. The van der Waals surface area contributed by atoms with E-state index in [2.05, 4.69) is 33.1 Å². The van der Waals surface area contributed by atoms with E-state index in [1.807, 2.05) is 0 Å². The van der Waals surface area contributed by atoms with Gasteiger partial charge in [-0.15, -0.1) is 0 Å². The molecule has 2 heterocycles. The minimum atomic E-state index is 0.844. The van der Waals surface area contributed by atoms with Crippen LogP contribution in [0.1, 0.15) is 5.56 Å². The summed E-state index contributed by atoms with van der Waals surface area (Å²) in [6, 6.07) is 6.29. The third-order valence-corrected chi connectivity index (χ3v) is 3.03. The van der Waals surface area contributed by atoms with E-state index < -0.39 is 0 Å². The zero-order valence-corrected chi connectivity index (χ0v) is 9.15. The molecule has 84 valence electrons. The van der Waals surface area contributed by atoms with Crippen LogP contribution in [0, 0.1) is 0 Å². The van der Waals surface area contributed by atoms with E-state index in [0.717, 1.165) is 43.9 Å². The first-order valence-corrected chi connectivity index (χ1v) is 5.64. The third kappa shape index (κ3) is 1.81. The number of para-hydroxylation sites is 1. The van der Waals surface area contributed by atoms with Crippen molar-refractivity contribution in [3.63, 3.8) is 0 Å². The summed E-state index contributed by atoms with van der Waals surface area (Å²) >= 11 is 0. The summed E-state index contributed by atoms with van der Waals surface area (Å²) in [6.45, 7) is 4.68. The van der Waals surface area contributed by atoms with Crippen LogP contribution < -0.4 is 0 Å². The molecule has 1 N–H and O–H groups in total. The Morgan fingerprint density at radius 2 is 2.19 bits per heavy atom. The molecule has 0 spiro atoms. The van der Waals surface area contributed by atoms with Gasteiger partial charge in [-0.1, -0.05) is 12.1 Å². The molecule has 0 unspecified atom stereocenters. The molecule has 4 nitrogen and oxygen atoms in total. The maximum atomic E-state index is 5.35. The number of morpholine rings is 1. The lowest BCUT2D eigenvalue weighted by atomic mass is 10.1. The van der Waals surface area contributed by atoms with Gasteiger partial charge in [0, 0.05) is 19.6 Å². The van der Waals surface area contributed by atoms with Crippen LogP contribution >= 0.6 is 0 Å². The molecular weight excluding hydrogens is 202 g/mol. The average molecular weight is 217 g/mol. The first-order chi connectivity index (χ1) is 7.93. The summed E-state index contributed by atoms with van der Waals surface area (Å²) < 4.78 is 5.35. The molecular formula is C12H15N3O. The zero-order chi connectivity index (χ0) is 10.8. The molecule has 1 aliphatic rings. The highest BCUT2D eigenvalue weighted by Crippen LogP contribution is 2.16. The van der Waals surface area contributed by atoms with E-state index in [9.17, 15) is 0 Å². The van der Waals surface area contributed by atoms with Crippen LogP contribution in [0.25, 0.3) is 11.0 Å². The van der Waals surface area contributed by atoms with Crippen molar-refractivity contribution in [2.24, 2.45) is 0 Å². The van der Waals surface area contributed by atoms with Crippen molar-refractivity contribution >= 4 is 11.0 Å². The van der Waals surface area contributed by atoms with E-state index in [1.165, 1.54) is 5.56 Å². The molecule has 0 aliphatic carbocycles. The molecule has 3 rings (SSSR count). The van der Waals surface area contributed by atoms with Gasteiger partial charge in [-0.2, -0.15) is 0 Å². The number of aromatic amines is 1. The summed E-state index contributed by atoms with van der Waals surface area (Å²) in [5.74, 6) is 0. The van der Waals surface area contributed by atoms with E-state index >= 15 is 0 Å². The number of aromatic nitrogens is 2. The fourth-order valence-corrected chi connectivity index (χ4v) is 2.15. The Morgan fingerprint density at radius 3 is 3.06 bits per heavy atom. The van der Waals surface area contributed by atoms with E-state index in [1.54, 1.807) is 6.33 Å². The first kappa shape index (κ1) is 9.81. The summed E-state index contributed by atoms with van der Waals surface area (Å²) in [4.78, 5) is 9.92. The molecule has 0 radical (unpaired) electrons. The van der Waals surface area contributed by atoms with Crippen LogP contribution in [0.3, 0.4) is 0 Å². The van der Waals surface area contributed by atoms with Crippen molar-refractivity contribution in [1.29, 1.82) is 0 Å². The summed E-state index contributed by atoms with van der Waals surface area (Å²) in [5, 5.41) is 0. The number of rotatable bonds is 2. The standard InChI is InChI=1S/C12H15N3O/c1-2-10(8-15-4-6-16-7-5-15)12-11(3-1)13-9-14-12/h1-3,9H,4-8H2,(H,13,14). The van der Waals surface area contributed by atoms with Crippen molar-refractivity contribution in [1.82, 2.24) is 14.9 Å². The average Bonchev–Trinajstić information content (AvgIpc) is 2.80. The monoisotopic (exact) mass is 217 g/mol. The molecule has 1 fully saturated rings. The number of fused-ring (bicyclic) bond motifs is 1. The molecule has 1 aliphatic heterocycles. The second-order valence-corrected chi connectivity index (χ2v) is 4.10. The Morgan fingerprint density at radius 1 is 1.31 bits per heavy atom. The fraction of sp³-hybridized carbons (Fsp3) is 0.417. The number of nitrogens with one attached hydrogen (secondary N) is 1. The fourth-order valence-electron chi connectivity index (χ4n) is 2.15.